The Balaban J connectivity index is 1.68. The summed E-state index contributed by atoms with van der Waals surface area (Å²) < 4.78 is 28.1. The average molecular weight is 627 g/mol. The van der Waals surface area contributed by atoms with Gasteiger partial charge in [0.25, 0.3) is 0 Å². The Bertz CT molecular complexity index is 1670. The molecule has 1 unspecified atom stereocenters. The Morgan fingerprint density at radius 2 is 1.57 bits per heavy atom. The van der Waals surface area contributed by atoms with Crippen molar-refractivity contribution in [1.29, 1.82) is 0 Å². The quantitative estimate of drug-likeness (QED) is 0.211. The lowest BCUT2D eigenvalue weighted by Crippen LogP contribution is -2.53. The SMILES string of the molecule is CCCNC(=O)C(Cc1ccccc1)N(Cc1ccc(Cl)cc1Cl)C(=O)CN(C)S(=O)(=O)c1ccc2ccccc2c1. The molecule has 0 aliphatic carbocycles. The number of nitrogens with one attached hydrogen (secondary N) is 1. The van der Waals surface area contributed by atoms with Gasteiger partial charge in [0.15, 0.2) is 0 Å². The first-order chi connectivity index (χ1) is 20.1. The molecule has 7 nitrogen and oxygen atoms in total. The lowest BCUT2D eigenvalue weighted by Gasteiger charge is -2.33. The van der Waals surface area contributed by atoms with Crippen LogP contribution in [-0.4, -0.2) is 55.6 Å². The normalized spacial score (nSPS) is 12.3. The maximum atomic E-state index is 14.0. The summed E-state index contributed by atoms with van der Waals surface area (Å²) in [4.78, 5) is 29.0. The number of benzene rings is 4. The summed E-state index contributed by atoms with van der Waals surface area (Å²) >= 11 is 12.6. The summed E-state index contributed by atoms with van der Waals surface area (Å²) in [7, 11) is -2.66. The van der Waals surface area contributed by atoms with Gasteiger partial charge in [-0.15, -0.1) is 0 Å². The van der Waals surface area contributed by atoms with Crippen LogP contribution >= 0.6 is 23.2 Å². The van der Waals surface area contributed by atoms with Gasteiger partial charge in [-0.1, -0.05) is 96.9 Å². The number of carbonyl (C=O) groups is 2. The van der Waals surface area contributed by atoms with Crippen LogP contribution in [0.5, 0.6) is 0 Å². The maximum absolute atomic E-state index is 14.0. The zero-order valence-corrected chi connectivity index (χ0v) is 25.8. The number of likely N-dealkylation sites (N-methyl/N-ethyl adjacent to an activating group) is 1. The van der Waals surface area contributed by atoms with E-state index in [-0.39, 0.29) is 23.8 Å². The van der Waals surface area contributed by atoms with Gasteiger partial charge in [-0.3, -0.25) is 9.59 Å². The molecule has 0 saturated heterocycles. The third kappa shape index (κ3) is 7.69. The van der Waals surface area contributed by atoms with Crippen LogP contribution in [0.3, 0.4) is 0 Å². The number of carbonyl (C=O) groups excluding carboxylic acids is 2. The van der Waals surface area contributed by atoms with E-state index in [1.807, 2.05) is 61.5 Å². The van der Waals surface area contributed by atoms with E-state index in [0.717, 1.165) is 20.6 Å². The fraction of sp³-hybridized carbons (Fsp3) is 0.250. The molecule has 4 aromatic rings. The van der Waals surface area contributed by atoms with Crippen molar-refractivity contribution in [1.82, 2.24) is 14.5 Å². The molecule has 0 fully saturated rings. The zero-order chi connectivity index (χ0) is 30.3. The van der Waals surface area contributed by atoms with Gasteiger partial charge < -0.3 is 10.2 Å². The fourth-order valence-electron chi connectivity index (χ4n) is 4.63. The smallest absolute Gasteiger partial charge is 0.243 e. The van der Waals surface area contributed by atoms with E-state index in [1.165, 1.54) is 18.0 Å². The molecule has 220 valence electrons. The molecular weight excluding hydrogens is 593 g/mol. The maximum Gasteiger partial charge on any atom is 0.243 e. The highest BCUT2D eigenvalue weighted by molar-refractivity contribution is 7.89. The summed E-state index contributed by atoms with van der Waals surface area (Å²) in [6, 6.07) is 25.7. The minimum absolute atomic E-state index is 0.0181. The van der Waals surface area contributed by atoms with Crippen LogP contribution in [0.4, 0.5) is 0 Å². The first kappa shape index (κ1) is 31.5. The van der Waals surface area contributed by atoms with Gasteiger partial charge in [0, 0.05) is 36.6 Å². The van der Waals surface area contributed by atoms with Crippen LogP contribution in [0.15, 0.2) is 95.9 Å². The lowest BCUT2D eigenvalue weighted by molar-refractivity contribution is -0.141. The van der Waals surface area contributed by atoms with Crippen molar-refractivity contribution >= 4 is 55.8 Å². The predicted octanol–water partition coefficient (Wildman–Crippen LogP) is 5.93. The third-order valence-corrected chi connectivity index (χ3v) is 9.35. The molecule has 0 aliphatic rings. The van der Waals surface area contributed by atoms with Crippen molar-refractivity contribution in [3.8, 4) is 0 Å². The number of sulfonamides is 1. The Morgan fingerprint density at radius 1 is 0.881 bits per heavy atom. The van der Waals surface area contributed by atoms with Gasteiger partial charge >= 0.3 is 0 Å². The van der Waals surface area contributed by atoms with Gasteiger partial charge in [-0.2, -0.15) is 4.31 Å². The summed E-state index contributed by atoms with van der Waals surface area (Å²) in [5.41, 5.74) is 1.43. The third-order valence-electron chi connectivity index (χ3n) is 6.96. The second-order valence-corrected chi connectivity index (χ2v) is 12.9. The van der Waals surface area contributed by atoms with Gasteiger partial charge in [-0.05, 0) is 52.6 Å². The molecule has 4 rings (SSSR count). The minimum Gasteiger partial charge on any atom is -0.354 e. The number of nitrogens with zero attached hydrogens (tertiary/aromatic N) is 2. The number of hydrogen-bond donors (Lipinski definition) is 1. The number of rotatable bonds is 12. The molecule has 0 heterocycles. The van der Waals surface area contributed by atoms with Crippen LogP contribution in [0.1, 0.15) is 24.5 Å². The van der Waals surface area contributed by atoms with E-state index < -0.39 is 28.5 Å². The zero-order valence-electron chi connectivity index (χ0n) is 23.5. The Kier molecular flexibility index (Phi) is 10.6. The van der Waals surface area contributed by atoms with E-state index >= 15 is 0 Å². The molecule has 1 N–H and O–H groups in total. The molecule has 0 radical (unpaired) electrons. The summed E-state index contributed by atoms with van der Waals surface area (Å²) in [5, 5.41) is 5.35. The van der Waals surface area contributed by atoms with Gasteiger partial charge in [0.05, 0.1) is 11.4 Å². The summed E-state index contributed by atoms with van der Waals surface area (Å²) in [5.74, 6) is -0.875. The van der Waals surface area contributed by atoms with Crippen LogP contribution in [0.2, 0.25) is 10.0 Å². The summed E-state index contributed by atoms with van der Waals surface area (Å²) in [6.07, 6.45) is 0.946. The number of amides is 2. The van der Waals surface area contributed by atoms with Crippen molar-refractivity contribution < 1.29 is 18.0 Å². The highest BCUT2D eigenvalue weighted by atomic mass is 35.5. The second-order valence-electron chi connectivity index (χ2n) is 10.0. The van der Waals surface area contributed by atoms with E-state index in [9.17, 15) is 18.0 Å². The largest absolute Gasteiger partial charge is 0.354 e. The molecule has 0 aliphatic heterocycles. The molecule has 1 atom stereocenters. The molecule has 4 aromatic carbocycles. The minimum atomic E-state index is -4.02. The van der Waals surface area contributed by atoms with Crippen LogP contribution in [0, 0.1) is 0 Å². The van der Waals surface area contributed by atoms with Crippen molar-refractivity contribution in [3.63, 3.8) is 0 Å². The van der Waals surface area contributed by atoms with Crippen molar-refractivity contribution in [2.75, 3.05) is 20.1 Å². The van der Waals surface area contributed by atoms with Crippen LogP contribution in [-0.2, 0) is 32.6 Å². The van der Waals surface area contributed by atoms with E-state index in [0.29, 0.717) is 28.6 Å². The van der Waals surface area contributed by atoms with Crippen LogP contribution in [0.25, 0.3) is 10.8 Å². The standard InChI is InChI=1S/C32H33Cl2N3O4S/c1-3-17-35-32(39)30(18-23-9-5-4-6-10-23)37(21-26-13-15-27(33)20-29(26)34)31(38)22-36(2)42(40,41)28-16-14-24-11-7-8-12-25(24)19-28/h4-16,19-20,30H,3,17-18,21-22H2,1-2H3,(H,35,39). The Hall–Kier alpha value is -3.43. The van der Waals surface area contributed by atoms with E-state index in [1.54, 1.807) is 30.3 Å². The van der Waals surface area contributed by atoms with Crippen molar-refractivity contribution in [2.24, 2.45) is 0 Å². The lowest BCUT2D eigenvalue weighted by atomic mass is 10.0. The molecule has 0 bridgehead atoms. The van der Waals surface area contributed by atoms with Gasteiger partial charge in [0.2, 0.25) is 21.8 Å². The molecule has 2 amide bonds. The fourth-order valence-corrected chi connectivity index (χ4v) is 6.25. The average Bonchev–Trinajstić information content (AvgIpc) is 2.98. The molecule has 42 heavy (non-hydrogen) atoms. The van der Waals surface area contributed by atoms with Gasteiger partial charge in [0.1, 0.15) is 6.04 Å². The highest BCUT2D eigenvalue weighted by Crippen LogP contribution is 2.25. The van der Waals surface area contributed by atoms with Crippen molar-refractivity contribution in [3.05, 3.63) is 112 Å². The summed E-state index contributed by atoms with van der Waals surface area (Å²) in [6.45, 7) is 1.88. The molecular formula is C32H33Cl2N3O4S. The first-order valence-electron chi connectivity index (χ1n) is 13.6. The molecule has 10 heteroatoms. The highest BCUT2D eigenvalue weighted by Gasteiger charge is 2.33. The van der Waals surface area contributed by atoms with Crippen molar-refractivity contribution in [2.45, 2.75) is 37.2 Å². The van der Waals surface area contributed by atoms with E-state index in [4.69, 9.17) is 23.2 Å². The second kappa shape index (κ2) is 14.2. The topological polar surface area (TPSA) is 86.8 Å². The molecule has 0 saturated carbocycles. The number of halogens is 2. The van der Waals surface area contributed by atoms with Gasteiger partial charge in [-0.25, -0.2) is 8.42 Å². The Labute approximate surface area is 257 Å². The first-order valence-corrected chi connectivity index (χ1v) is 15.8. The monoisotopic (exact) mass is 625 g/mol. The molecule has 0 aromatic heterocycles. The Morgan fingerprint density at radius 3 is 2.26 bits per heavy atom. The molecule has 0 spiro atoms. The van der Waals surface area contributed by atoms with E-state index in [2.05, 4.69) is 5.32 Å². The predicted molar refractivity (Wildman–Crippen MR) is 168 cm³/mol. The van der Waals surface area contributed by atoms with Crippen LogP contribution < -0.4 is 5.32 Å². The number of hydrogen-bond acceptors (Lipinski definition) is 4. The number of fused-ring (bicyclic) bond motifs is 1.